The lowest BCUT2D eigenvalue weighted by Crippen LogP contribution is -2.41. The second-order valence-corrected chi connectivity index (χ2v) is 7.09. The predicted molar refractivity (Wildman–Crippen MR) is 91.0 cm³/mol. The van der Waals surface area contributed by atoms with E-state index in [0.29, 0.717) is 17.1 Å². The van der Waals surface area contributed by atoms with Gasteiger partial charge in [0.1, 0.15) is 5.75 Å². The topological polar surface area (TPSA) is 64.7 Å². The molecule has 0 amide bonds. The summed E-state index contributed by atoms with van der Waals surface area (Å²) in [6, 6.07) is 3.55. The van der Waals surface area contributed by atoms with Crippen LogP contribution in [-0.4, -0.2) is 30.0 Å². The Morgan fingerprint density at radius 3 is 2.27 bits per heavy atom. The van der Waals surface area contributed by atoms with Gasteiger partial charge < -0.3 is 20.1 Å². The average Bonchev–Trinajstić information content (AvgIpc) is 2.61. The highest BCUT2D eigenvalue weighted by atomic mass is 35.5. The Bertz CT molecular complexity index is 574. The number of nitrogens with two attached hydrogens (primary N) is 1. The SMILES string of the molecule is Cc1cc(C=C(CN)B2OC(C)(C)C(C)(C)O2)cc(Cl)c1O. The number of aromatic hydroxyl groups is 1. The molecule has 1 fully saturated rings. The fraction of sp³-hybridized carbons (Fsp3) is 0.500. The van der Waals surface area contributed by atoms with Gasteiger partial charge in [-0.1, -0.05) is 17.7 Å². The van der Waals surface area contributed by atoms with Crippen molar-refractivity contribution in [1.29, 1.82) is 0 Å². The summed E-state index contributed by atoms with van der Waals surface area (Å²) in [5, 5.41) is 10.1. The van der Waals surface area contributed by atoms with Gasteiger partial charge in [0.05, 0.1) is 16.2 Å². The molecule has 6 heteroatoms. The van der Waals surface area contributed by atoms with Crippen molar-refractivity contribution in [2.75, 3.05) is 6.54 Å². The molecule has 1 aromatic carbocycles. The van der Waals surface area contributed by atoms with Gasteiger partial charge in [-0.3, -0.25) is 0 Å². The summed E-state index contributed by atoms with van der Waals surface area (Å²) in [4.78, 5) is 0. The van der Waals surface area contributed by atoms with Crippen molar-refractivity contribution in [3.8, 4) is 5.75 Å². The van der Waals surface area contributed by atoms with Gasteiger partial charge in [0.25, 0.3) is 0 Å². The molecular weight excluding hydrogens is 300 g/mol. The summed E-state index contributed by atoms with van der Waals surface area (Å²) in [5.74, 6) is 0.101. The smallest absolute Gasteiger partial charge is 0.491 e. The predicted octanol–water partition coefficient (Wildman–Crippen LogP) is 3.33. The molecule has 1 saturated heterocycles. The lowest BCUT2D eigenvalue weighted by molar-refractivity contribution is 0.00578. The summed E-state index contributed by atoms with van der Waals surface area (Å²) in [6.07, 6.45) is 1.90. The number of hydrogen-bond acceptors (Lipinski definition) is 4. The summed E-state index contributed by atoms with van der Waals surface area (Å²) in [7, 11) is -0.483. The molecule has 0 unspecified atom stereocenters. The summed E-state index contributed by atoms with van der Waals surface area (Å²) < 4.78 is 12.0. The van der Waals surface area contributed by atoms with Gasteiger partial charge in [0.2, 0.25) is 0 Å². The zero-order chi connectivity index (χ0) is 16.7. The molecule has 1 aliphatic heterocycles. The highest BCUT2D eigenvalue weighted by Gasteiger charge is 2.52. The second-order valence-electron chi connectivity index (χ2n) is 6.68. The molecule has 22 heavy (non-hydrogen) atoms. The third kappa shape index (κ3) is 3.18. The largest absolute Gasteiger partial charge is 0.506 e. The van der Waals surface area contributed by atoms with Crippen molar-refractivity contribution >= 4 is 24.8 Å². The van der Waals surface area contributed by atoms with Crippen molar-refractivity contribution in [3.63, 3.8) is 0 Å². The Morgan fingerprint density at radius 1 is 1.27 bits per heavy atom. The van der Waals surface area contributed by atoms with Crippen molar-refractivity contribution in [2.45, 2.75) is 45.8 Å². The molecule has 1 aromatic rings. The Labute approximate surface area is 137 Å². The van der Waals surface area contributed by atoms with Crippen LogP contribution in [0.4, 0.5) is 0 Å². The van der Waals surface area contributed by atoms with Crippen LogP contribution in [0, 0.1) is 6.92 Å². The number of aryl methyl sites for hydroxylation is 1. The van der Waals surface area contributed by atoms with E-state index in [-0.39, 0.29) is 5.75 Å². The van der Waals surface area contributed by atoms with Gasteiger partial charge in [-0.15, -0.1) is 0 Å². The van der Waals surface area contributed by atoms with Gasteiger partial charge >= 0.3 is 7.12 Å². The summed E-state index contributed by atoms with van der Waals surface area (Å²) in [6.45, 7) is 10.1. The quantitative estimate of drug-likeness (QED) is 0.838. The van der Waals surface area contributed by atoms with Crippen LogP contribution in [0.15, 0.2) is 17.6 Å². The van der Waals surface area contributed by atoms with Gasteiger partial charge in [-0.25, -0.2) is 0 Å². The molecule has 3 N–H and O–H groups in total. The summed E-state index contributed by atoms with van der Waals surface area (Å²) in [5.41, 5.74) is 7.46. The van der Waals surface area contributed by atoms with Gasteiger partial charge in [-0.05, 0) is 63.4 Å². The molecule has 0 bridgehead atoms. The van der Waals surface area contributed by atoms with Crippen LogP contribution in [-0.2, 0) is 9.31 Å². The second kappa shape index (κ2) is 5.89. The minimum absolute atomic E-state index is 0.101. The normalized spacial score (nSPS) is 20.5. The molecule has 1 aliphatic rings. The number of hydrogen-bond donors (Lipinski definition) is 2. The van der Waals surface area contributed by atoms with Crippen molar-refractivity contribution in [1.82, 2.24) is 0 Å². The van der Waals surface area contributed by atoms with Crippen molar-refractivity contribution < 1.29 is 14.4 Å². The average molecular weight is 324 g/mol. The molecule has 0 radical (unpaired) electrons. The van der Waals surface area contributed by atoms with Crippen LogP contribution < -0.4 is 5.73 Å². The fourth-order valence-electron chi connectivity index (χ4n) is 2.28. The molecule has 0 atom stereocenters. The fourth-order valence-corrected chi connectivity index (χ4v) is 2.55. The van der Waals surface area contributed by atoms with E-state index < -0.39 is 18.3 Å². The van der Waals surface area contributed by atoms with Gasteiger partial charge in [0.15, 0.2) is 0 Å². The van der Waals surface area contributed by atoms with Gasteiger partial charge in [-0.2, -0.15) is 0 Å². The third-order valence-electron chi connectivity index (χ3n) is 4.42. The first kappa shape index (κ1) is 17.4. The number of halogens is 1. The molecule has 0 spiro atoms. The standard InChI is InChI=1S/C16H23BClNO3/c1-10-6-11(8-13(18)14(10)20)7-12(9-19)17-21-15(2,3)16(4,5)22-17/h6-8,20H,9,19H2,1-5H3. The molecule has 120 valence electrons. The minimum atomic E-state index is -0.483. The molecule has 0 aliphatic carbocycles. The maximum Gasteiger partial charge on any atom is 0.491 e. The Balaban J connectivity index is 2.34. The lowest BCUT2D eigenvalue weighted by Gasteiger charge is -2.32. The zero-order valence-electron chi connectivity index (χ0n) is 13.7. The minimum Gasteiger partial charge on any atom is -0.506 e. The van der Waals surface area contributed by atoms with E-state index in [0.717, 1.165) is 11.0 Å². The number of phenolic OH excluding ortho intramolecular Hbond substituents is 1. The van der Waals surface area contributed by atoms with E-state index in [1.165, 1.54) is 0 Å². The van der Waals surface area contributed by atoms with Crippen molar-refractivity contribution in [3.05, 3.63) is 33.8 Å². The third-order valence-corrected chi connectivity index (χ3v) is 4.71. The Kier molecular flexibility index (Phi) is 4.65. The van der Waals surface area contributed by atoms with E-state index >= 15 is 0 Å². The van der Waals surface area contributed by atoms with Crippen molar-refractivity contribution in [2.24, 2.45) is 5.73 Å². The Hall–Kier alpha value is -1.01. The molecular formula is C16H23BClNO3. The van der Waals surface area contributed by atoms with Gasteiger partial charge in [0, 0.05) is 6.54 Å². The monoisotopic (exact) mass is 323 g/mol. The molecule has 4 nitrogen and oxygen atoms in total. The van der Waals surface area contributed by atoms with Crippen LogP contribution >= 0.6 is 11.6 Å². The number of phenols is 1. The van der Waals surface area contributed by atoms with Crippen LogP contribution in [0.25, 0.3) is 6.08 Å². The first-order valence-corrected chi connectivity index (χ1v) is 7.70. The highest BCUT2D eigenvalue weighted by Crippen LogP contribution is 2.39. The van der Waals surface area contributed by atoms with Crippen LogP contribution in [0.5, 0.6) is 5.75 Å². The van der Waals surface area contributed by atoms with Crippen LogP contribution in [0.2, 0.25) is 5.02 Å². The van der Waals surface area contributed by atoms with E-state index in [9.17, 15) is 5.11 Å². The van der Waals surface area contributed by atoms with E-state index in [1.807, 2.05) is 39.8 Å². The summed E-state index contributed by atoms with van der Waals surface area (Å²) >= 11 is 6.02. The maximum absolute atomic E-state index is 9.74. The number of rotatable bonds is 3. The van der Waals surface area contributed by atoms with Crippen LogP contribution in [0.3, 0.4) is 0 Å². The van der Waals surface area contributed by atoms with E-state index in [1.54, 1.807) is 13.0 Å². The lowest BCUT2D eigenvalue weighted by atomic mass is 9.77. The number of benzene rings is 1. The first-order valence-electron chi connectivity index (χ1n) is 7.32. The van der Waals surface area contributed by atoms with E-state index in [4.69, 9.17) is 26.6 Å². The molecule has 0 aromatic heterocycles. The Morgan fingerprint density at radius 2 is 1.82 bits per heavy atom. The molecule has 0 saturated carbocycles. The molecule has 1 heterocycles. The maximum atomic E-state index is 9.74. The molecule has 2 rings (SSSR count). The van der Waals surface area contributed by atoms with E-state index in [2.05, 4.69) is 0 Å². The first-order chi connectivity index (χ1) is 10.1. The highest BCUT2D eigenvalue weighted by molar-refractivity contribution is 6.55. The zero-order valence-corrected chi connectivity index (χ0v) is 14.5. The van der Waals surface area contributed by atoms with Crippen LogP contribution in [0.1, 0.15) is 38.8 Å².